The van der Waals surface area contributed by atoms with E-state index in [4.69, 9.17) is 4.74 Å². The summed E-state index contributed by atoms with van der Waals surface area (Å²) in [5.41, 5.74) is 1.63. The van der Waals surface area contributed by atoms with Crippen LogP contribution in [0.15, 0.2) is 43.0 Å². The van der Waals surface area contributed by atoms with Gasteiger partial charge in [0.2, 0.25) is 0 Å². The summed E-state index contributed by atoms with van der Waals surface area (Å²) in [6.07, 6.45) is 3.48. The van der Waals surface area contributed by atoms with E-state index in [2.05, 4.69) is 20.3 Å². The molecule has 0 spiro atoms. The summed E-state index contributed by atoms with van der Waals surface area (Å²) in [5.74, 6) is 0.212. The van der Waals surface area contributed by atoms with Crippen molar-refractivity contribution in [1.29, 1.82) is 0 Å². The molecule has 2 N–H and O–H groups in total. The predicted molar refractivity (Wildman–Crippen MR) is 89.9 cm³/mol. The van der Waals surface area contributed by atoms with E-state index in [0.717, 1.165) is 0 Å². The van der Waals surface area contributed by atoms with Gasteiger partial charge in [-0.05, 0) is 18.6 Å². The second-order valence-electron chi connectivity index (χ2n) is 5.94. The molecule has 25 heavy (non-hydrogen) atoms. The largest absolute Gasteiger partial charge is 0.396 e. The summed E-state index contributed by atoms with van der Waals surface area (Å²) in [5, 5.41) is 12.0. The van der Waals surface area contributed by atoms with E-state index in [1.807, 2.05) is 10.6 Å². The third-order valence-electron chi connectivity index (χ3n) is 4.25. The van der Waals surface area contributed by atoms with Gasteiger partial charge in [0.25, 0.3) is 5.91 Å². The van der Waals surface area contributed by atoms with Gasteiger partial charge in [0.1, 0.15) is 12.6 Å². The minimum Gasteiger partial charge on any atom is -0.396 e. The molecule has 2 aromatic heterocycles. The lowest BCUT2D eigenvalue weighted by atomic mass is 10.1. The van der Waals surface area contributed by atoms with E-state index in [0.29, 0.717) is 35.6 Å². The number of ether oxygens (including phenoxy) is 1. The number of anilines is 1. The Kier molecular flexibility index (Phi) is 4.12. The Bertz CT molecular complexity index is 896. The fourth-order valence-electron chi connectivity index (χ4n) is 2.91. The Balaban J connectivity index is 1.62. The smallest absolute Gasteiger partial charge is 0.256 e. The molecule has 3 heterocycles. The molecule has 3 aromatic rings. The molecule has 128 valence electrons. The molecule has 0 aliphatic carbocycles. The van der Waals surface area contributed by atoms with Gasteiger partial charge in [0, 0.05) is 18.1 Å². The molecule has 2 atom stereocenters. The first-order valence-corrected chi connectivity index (χ1v) is 8.02. The van der Waals surface area contributed by atoms with E-state index in [1.165, 1.54) is 6.33 Å². The summed E-state index contributed by atoms with van der Waals surface area (Å²) in [7, 11) is 0. The fourth-order valence-corrected chi connectivity index (χ4v) is 2.91. The van der Waals surface area contributed by atoms with Crippen molar-refractivity contribution in [2.45, 2.75) is 12.6 Å². The fraction of sp³-hybridized carbons (Fsp3) is 0.294. The average Bonchev–Trinajstić information content (AvgIpc) is 3.29. The number of carbonyl (C=O) groups is 1. The molecule has 8 nitrogen and oxygen atoms in total. The van der Waals surface area contributed by atoms with Gasteiger partial charge in [-0.2, -0.15) is 0 Å². The highest BCUT2D eigenvalue weighted by Gasteiger charge is 2.28. The maximum absolute atomic E-state index is 12.3. The van der Waals surface area contributed by atoms with Crippen LogP contribution in [0.2, 0.25) is 0 Å². The molecular weight excluding hydrogens is 322 g/mol. The molecule has 1 aliphatic rings. The van der Waals surface area contributed by atoms with E-state index < -0.39 is 0 Å². The quantitative estimate of drug-likeness (QED) is 0.749. The Morgan fingerprint density at radius 2 is 2.12 bits per heavy atom. The van der Waals surface area contributed by atoms with Gasteiger partial charge in [-0.3, -0.25) is 9.36 Å². The monoisotopic (exact) mass is 339 g/mol. The van der Waals surface area contributed by atoms with Crippen LogP contribution < -0.4 is 5.32 Å². The van der Waals surface area contributed by atoms with Crippen molar-refractivity contribution in [3.63, 3.8) is 0 Å². The highest BCUT2D eigenvalue weighted by molar-refractivity contribution is 6.06. The van der Waals surface area contributed by atoms with E-state index in [1.54, 1.807) is 30.6 Å². The molecule has 1 amide bonds. The molecule has 1 fully saturated rings. The number of fused-ring (bicyclic) bond motifs is 1. The SMILES string of the molecule is O=C(Nc1ncnc2c1ncn2C1CC(CO)CO1)c1ccccc1. The number of nitrogens with zero attached hydrogens (tertiary/aromatic N) is 4. The average molecular weight is 339 g/mol. The van der Waals surface area contributed by atoms with Gasteiger partial charge in [-0.15, -0.1) is 0 Å². The Labute approximate surface area is 143 Å². The number of aliphatic hydroxyl groups is 1. The van der Waals surface area contributed by atoms with Crippen molar-refractivity contribution in [3.05, 3.63) is 48.5 Å². The maximum Gasteiger partial charge on any atom is 0.256 e. The third kappa shape index (κ3) is 2.97. The van der Waals surface area contributed by atoms with Crippen LogP contribution in [0.1, 0.15) is 23.0 Å². The first-order chi connectivity index (χ1) is 12.3. The van der Waals surface area contributed by atoms with Gasteiger partial charge in [0.15, 0.2) is 17.0 Å². The number of hydrogen-bond acceptors (Lipinski definition) is 6. The van der Waals surface area contributed by atoms with Crippen molar-refractivity contribution in [2.75, 3.05) is 18.5 Å². The number of aliphatic hydroxyl groups excluding tert-OH is 1. The lowest BCUT2D eigenvalue weighted by Gasteiger charge is -2.11. The summed E-state index contributed by atoms with van der Waals surface area (Å²) in [6.45, 7) is 0.597. The predicted octanol–water partition coefficient (Wildman–Crippen LogP) is 1.61. The summed E-state index contributed by atoms with van der Waals surface area (Å²) in [6, 6.07) is 8.91. The van der Waals surface area contributed by atoms with E-state index in [9.17, 15) is 9.90 Å². The molecule has 1 aliphatic heterocycles. The lowest BCUT2D eigenvalue weighted by Crippen LogP contribution is -2.13. The first kappa shape index (κ1) is 15.7. The van der Waals surface area contributed by atoms with Gasteiger partial charge < -0.3 is 15.2 Å². The summed E-state index contributed by atoms with van der Waals surface area (Å²) < 4.78 is 7.52. The van der Waals surface area contributed by atoms with Crippen LogP contribution in [-0.2, 0) is 4.74 Å². The second kappa shape index (κ2) is 6.58. The van der Waals surface area contributed by atoms with Crippen LogP contribution >= 0.6 is 0 Å². The Morgan fingerprint density at radius 3 is 2.88 bits per heavy atom. The van der Waals surface area contributed by atoms with E-state index in [-0.39, 0.29) is 24.7 Å². The molecule has 8 heteroatoms. The van der Waals surface area contributed by atoms with Gasteiger partial charge in [-0.1, -0.05) is 18.2 Å². The van der Waals surface area contributed by atoms with Crippen LogP contribution in [0.4, 0.5) is 5.82 Å². The maximum atomic E-state index is 12.3. The minimum atomic E-state index is -0.257. The van der Waals surface area contributed by atoms with Gasteiger partial charge >= 0.3 is 0 Å². The van der Waals surface area contributed by atoms with Crippen molar-refractivity contribution < 1.29 is 14.6 Å². The lowest BCUT2D eigenvalue weighted by molar-refractivity contribution is 0.0551. The highest BCUT2D eigenvalue weighted by atomic mass is 16.5. The Hall–Kier alpha value is -2.84. The molecule has 2 unspecified atom stereocenters. The molecule has 1 saturated heterocycles. The van der Waals surface area contributed by atoms with E-state index >= 15 is 0 Å². The van der Waals surface area contributed by atoms with Crippen LogP contribution in [-0.4, -0.2) is 43.7 Å². The van der Waals surface area contributed by atoms with Crippen molar-refractivity contribution in [3.8, 4) is 0 Å². The number of hydrogen-bond donors (Lipinski definition) is 2. The van der Waals surface area contributed by atoms with Crippen LogP contribution in [0, 0.1) is 5.92 Å². The number of nitrogens with one attached hydrogen (secondary N) is 1. The molecule has 4 rings (SSSR count). The summed E-state index contributed by atoms with van der Waals surface area (Å²) in [4.78, 5) is 25.1. The topological polar surface area (TPSA) is 102 Å². The number of benzene rings is 1. The van der Waals surface area contributed by atoms with Crippen LogP contribution in [0.5, 0.6) is 0 Å². The number of rotatable bonds is 4. The minimum absolute atomic E-state index is 0.0937. The molecule has 0 radical (unpaired) electrons. The first-order valence-electron chi connectivity index (χ1n) is 8.02. The highest BCUT2D eigenvalue weighted by Crippen LogP contribution is 2.30. The molecular formula is C17H17N5O3. The van der Waals surface area contributed by atoms with Crippen LogP contribution in [0.25, 0.3) is 11.2 Å². The van der Waals surface area contributed by atoms with Gasteiger partial charge in [-0.25, -0.2) is 15.0 Å². The number of amides is 1. The third-order valence-corrected chi connectivity index (χ3v) is 4.25. The summed E-state index contributed by atoms with van der Waals surface area (Å²) >= 11 is 0. The molecule has 1 aromatic carbocycles. The van der Waals surface area contributed by atoms with Crippen LogP contribution in [0.3, 0.4) is 0 Å². The number of aromatic nitrogens is 4. The van der Waals surface area contributed by atoms with Crippen molar-refractivity contribution >= 4 is 22.9 Å². The zero-order chi connectivity index (χ0) is 17.2. The Morgan fingerprint density at radius 1 is 1.28 bits per heavy atom. The molecule has 0 bridgehead atoms. The zero-order valence-corrected chi connectivity index (χ0v) is 13.4. The zero-order valence-electron chi connectivity index (χ0n) is 13.4. The number of carbonyl (C=O) groups excluding carboxylic acids is 1. The molecule has 0 saturated carbocycles. The van der Waals surface area contributed by atoms with Crippen molar-refractivity contribution in [1.82, 2.24) is 19.5 Å². The second-order valence-corrected chi connectivity index (χ2v) is 5.94. The normalized spacial score (nSPS) is 20.0. The van der Waals surface area contributed by atoms with Gasteiger partial charge in [0.05, 0.1) is 12.9 Å². The standard InChI is InChI=1S/C17H17N5O3/c23-7-11-6-13(25-8-11)22-10-20-14-15(18-9-19-16(14)22)21-17(24)12-4-2-1-3-5-12/h1-5,9-11,13,23H,6-8H2,(H,18,19,21,24). The number of imidazole rings is 1. The van der Waals surface area contributed by atoms with Crippen molar-refractivity contribution in [2.24, 2.45) is 5.92 Å².